The molecule has 2 amide bonds. The number of rotatable bonds is 5. The summed E-state index contributed by atoms with van der Waals surface area (Å²) in [5.41, 5.74) is 2.78. The minimum Gasteiger partial charge on any atom is -0.338 e. The first-order chi connectivity index (χ1) is 12.8. The largest absolute Gasteiger partial charge is 0.338 e. The van der Waals surface area contributed by atoms with Gasteiger partial charge in [-0.15, -0.1) is 0 Å². The van der Waals surface area contributed by atoms with Crippen molar-refractivity contribution in [2.45, 2.75) is 6.92 Å². The van der Waals surface area contributed by atoms with Crippen molar-refractivity contribution in [3.63, 3.8) is 0 Å². The van der Waals surface area contributed by atoms with Crippen molar-refractivity contribution in [1.29, 1.82) is 0 Å². The molecule has 0 aliphatic heterocycles. The molecule has 1 aromatic carbocycles. The van der Waals surface area contributed by atoms with Crippen LogP contribution in [0.4, 0.5) is 16.3 Å². The Labute approximate surface area is 156 Å². The summed E-state index contributed by atoms with van der Waals surface area (Å²) < 4.78 is 25.0. The fourth-order valence-corrected chi connectivity index (χ4v) is 2.91. The molecule has 27 heavy (non-hydrogen) atoms. The van der Waals surface area contributed by atoms with Crippen LogP contribution in [0.25, 0.3) is 22.4 Å². The van der Waals surface area contributed by atoms with Crippen LogP contribution in [0.3, 0.4) is 0 Å². The van der Waals surface area contributed by atoms with Gasteiger partial charge in [0.1, 0.15) is 11.3 Å². The van der Waals surface area contributed by atoms with E-state index in [-0.39, 0.29) is 6.03 Å². The lowest BCUT2D eigenvalue weighted by molar-refractivity contribution is 0.252. The summed E-state index contributed by atoms with van der Waals surface area (Å²) in [5.74, 6) is 0.368. The highest BCUT2D eigenvalue weighted by atomic mass is 32.2. The SMILES string of the molecule is CCNC(=O)Nc1ccc2ncc(-c3ccc(NS(C)(=O)=O)cc3)nc2n1. The summed E-state index contributed by atoms with van der Waals surface area (Å²) in [6, 6.07) is 9.78. The molecule has 3 N–H and O–H groups in total. The summed E-state index contributed by atoms with van der Waals surface area (Å²) in [4.78, 5) is 24.7. The predicted molar refractivity (Wildman–Crippen MR) is 104 cm³/mol. The third kappa shape index (κ3) is 4.88. The van der Waals surface area contributed by atoms with Gasteiger partial charge < -0.3 is 5.32 Å². The van der Waals surface area contributed by atoms with Crippen LogP contribution in [-0.4, -0.2) is 42.2 Å². The van der Waals surface area contributed by atoms with Crippen LogP contribution >= 0.6 is 0 Å². The molecule has 0 spiro atoms. The van der Waals surface area contributed by atoms with Crippen LogP contribution in [0.15, 0.2) is 42.6 Å². The molecule has 140 valence electrons. The highest BCUT2D eigenvalue weighted by Crippen LogP contribution is 2.21. The summed E-state index contributed by atoms with van der Waals surface area (Å²) in [7, 11) is -3.33. The Balaban J connectivity index is 1.87. The molecule has 0 aliphatic rings. The molecular formula is C17H18N6O3S. The first-order valence-electron chi connectivity index (χ1n) is 8.11. The molecule has 0 bridgehead atoms. The number of sulfonamides is 1. The Hall–Kier alpha value is -3.27. The Bertz CT molecular complexity index is 1080. The monoisotopic (exact) mass is 386 g/mol. The van der Waals surface area contributed by atoms with Gasteiger partial charge in [0.15, 0.2) is 5.65 Å². The number of carbonyl (C=O) groups excluding carboxylic acids is 1. The molecule has 3 aromatic rings. The maximum Gasteiger partial charge on any atom is 0.320 e. The number of aromatic nitrogens is 3. The van der Waals surface area contributed by atoms with E-state index in [1.807, 2.05) is 6.92 Å². The molecular weight excluding hydrogens is 368 g/mol. The zero-order chi connectivity index (χ0) is 19.4. The molecule has 3 rings (SSSR count). The van der Waals surface area contributed by atoms with Crippen molar-refractivity contribution < 1.29 is 13.2 Å². The Morgan fingerprint density at radius 1 is 1.07 bits per heavy atom. The molecule has 2 heterocycles. The minimum absolute atomic E-state index is 0.345. The van der Waals surface area contributed by atoms with Gasteiger partial charge in [-0.05, 0) is 31.2 Å². The Kier molecular flexibility index (Phi) is 5.17. The topological polar surface area (TPSA) is 126 Å². The predicted octanol–water partition coefficient (Wildman–Crippen LogP) is 2.20. The fourth-order valence-electron chi connectivity index (χ4n) is 2.35. The minimum atomic E-state index is -3.33. The highest BCUT2D eigenvalue weighted by molar-refractivity contribution is 7.92. The maximum absolute atomic E-state index is 11.6. The van der Waals surface area contributed by atoms with Crippen molar-refractivity contribution in [1.82, 2.24) is 20.3 Å². The smallest absolute Gasteiger partial charge is 0.320 e. The summed E-state index contributed by atoms with van der Waals surface area (Å²) in [6.45, 7) is 2.33. The third-order valence-corrected chi connectivity index (χ3v) is 4.08. The number of fused-ring (bicyclic) bond motifs is 1. The number of carbonyl (C=O) groups is 1. The lowest BCUT2D eigenvalue weighted by Crippen LogP contribution is -2.28. The van der Waals surface area contributed by atoms with Crippen LogP contribution in [0.2, 0.25) is 0 Å². The average Bonchev–Trinajstić information content (AvgIpc) is 2.60. The second-order valence-corrected chi connectivity index (χ2v) is 7.48. The standard InChI is InChI=1S/C17H18N6O3S/c1-3-18-17(24)22-15-9-8-13-16(21-15)20-14(10-19-13)11-4-6-12(7-5-11)23-27(2,25)26/h4-10,23H,3H2,1-2H3,(H2,18,20,21,22,24). The number of nitrogens with zero attached hydrogens (tertiary/aromatic N) is 3. The van der Waals surface area contributed by atoms with E-state index in [0.717, 1.165) is 11.8 Å². The van der Waals surface area contributed by atoms with Crippen LogP contribution in [0.5, 0.6) is 0 Å². The molecule has 0 unspecified atom stereocenters. The van der Waals surface area contributed by atoms with E-state index in [1.54, 1.807) is 42.6 Å². The lowest BCUT2D eigenvalue weighted by atomic mass is 10.1. The van der Waals surface area contributed by atoms with Gasteiger partial charge >= 0.3 is 6.03 Å². The van der Waals surface area contributed by atoms with Gasteiger partial charge in [-0.25, -0.2) is 23.2 Å². The van der Waals surface area contributed by atoms with Gasteiger partial charge in [0.2, 0.25) is 10.0 Å². The van der Waals surface area contributed by atoms with Crippen molar-refractivity contribution in [3.05, 3.63) is 42.6 Å². The summed E-state index contributed by atoms with van der Waals surface area (Å²) in [5, 5.41) is 5.26. The van der Waals surface area contributed by atoms with Gasteiger partial charge in [-0.3, -0.25) is 15.0 Å². The molecule has 0 atom stereocenters. The third-order valence-electron chi connectivity index (χ3n) is 3.47. The van der Waals surface area contributed by atoms with E-state index in [1.165, 1.54) is 0 Å². The van der Waals surface area contributed by atoms with Crippen molar-refractivity contribution in [3.8, 4) is 11.3 Å². The second-order valence-electron chi connectivity index (χ2n) is 5.73. The van der Waals surface area contributed by atoms with E-state index in [9.17, 15) is 13.2 Å². The van der Waals surface area contributed by atoms with Gasteiger partial charge in [-0.1, -0.05) is 12.1 Å². The van der Waals surface area contributed by atoms with Crippen molar-refractivity contribution in [2.24, 2.45) is 0 Å². The Morgan fingerprint density at radius 2 is 1.81 bits per heavy atom. The number of anilines is 2. The number of nitrogens with one attached hydrogen (secondary N) is 3. The first kappa shape index (κ1) is 18.5. The van der Waals surface area contributed by atoms with Gasteiger partial charge in [0.05, 0.1) is 18.1 Å². The molecule has 9 nitrogen and oxygen atoms in total. The molecule has 0 radical (unpaired) electrons. The molecule has 0 saturated carbocycles. The number of benzene rings is 1. The van der Waals surface area contributed by atoms with Gasteiger partial charge in [0, 0.05) is 17.8 Å². The maximum atomic E-state index is 11.6. The quantitative estimate of drug-likeness (QED) is 0.617. The van der Waals surface area contributed by atoms with Crippen molar-refractivity contribution in [2.75, 3.05) is 22.8 Å². The van der Waals surface area contributed by atoms with E-state index < -0.39 is 10.0 Å². The molecule has 2 aromatic heterocycles. The van der Waals surface area contributed by atoms with E-state index in [2.05, 4.69) is 30.3 Å². The number of hydrogen-bond donors (Lipinski definition) is 3. The Morgan fingerprint density at radius 3 is 2.48 bits per heavy atom. The normalized spacial score (nSPS) is 11.2. The molecule has 0 aliphatic carbocycles. The first-order valence-corrected chi connectivity index (χ1v) is 10.00. The van der Waals surface area contributed by atoms with E-state index in [4.69, 9.17) is 0 Å². The number of hydrogen-bond acceptors (Lipinski definition) is 6. The summed E-state index contributed by atoms with van der Waals surface area (Å²) in [6.07, 6.45) is 2.70. The summed E-state index contributed by atoms with van der Waals surface area (Å²) >= 11 is 0. The van der Waals surface area contributed by atoms with Crippen LogP contribution in [0, 0.1) is 0 Å². The van der Waals surface area contributed by atoms with Gasteiger partial charge in [-0.2, -0.15) is 0 Å². The van der Waals surface area contributed by atoms with E-state index >= 15 is 0 Å². The fraction of sp³-hybridized carbons (Fsp3) is 0.176. The van der Waals surface area contributed by atoms with Crippen LogP contribution < -0.4 is 15.4 Å². The zero-order valence-corrected chi connectivity index (χ0v) is 15.5. The number of amides is 2. The van der Waals surface area contributed by atoms with Crippen LogP contribution in [0.1, 0.15) is 6.92 Å². The molecule has 10 heteroatoms. The number of pyridine rings is 1. The lowest BCUT2D eigenvalue weighted by Gasteiger charge is -2.07. The second kappa shape index (κ2) is 7.54. The molecule has 0 fully saturated rings. The average molecular weight is 386 g/mol. The van der Waals surface area contributed by atoms with Gasteiger partial charge in [0.25, 0.3) is 0 Å². The molecule has 0 saturated heterocycles. The van der Waals surface area contributed by atoms with Crippen molar-refractivity contribution >= 4 is 38.7 Å². The van der Waals surface area contributed by atoms with Crippen LogP contribution in [-0.2, 0) is 10.0 Å². The number of urea groups is 1. The zero-order valence-electron chi connectivity index (χ0n) is 14.7. The van der Waals surface area contributed by atoms with E-state index in [0.29, 0.717) is 34.9 Å². The highest BCUT2D eigenvalue weighted by Gasteiger charge is 2.08.